The number of aryl methyl sites for hydroxylation is 2. The fraction of sp³-hybridized carbons (Fsp3) is 0.267. The van der Waals surface area contributed by atoms with Crippen molar-refractivity contribution in [1.29, 1.82) is 0 Å². The molecular formula is C15H17N3O4. The van der Waals surface area contributed by atoms with Gasteiger partial charge in [0.2, 0.25) is 0 Å². The van der Waals surface area contributed by atoms with Gasteiger partial charge in [0.1, 0.15) is 11.3 Å². The number of hydrogen-bond donors (Lipinski definition) is 2. The smallest absolute Gasteiger partial charge is 0.342 e. The summed E-state index contributed by atoms with van der Waals surface area (Å²) in [6, 6.07) is 5.98. The Morgan fingerprint density at radius 2 is 2.00 bits per heavy atom. The summed E-state index contributed by atoms with van der Waals surface area (Å²) in [5.74, 6) is -1.41. The average Bonchev–Trinajstić information content (AvgIpc) is 2.72. The number of benzene rings is 1. The predicted octanol–water partition coefficient (Wildman–Crippen LogP) is 1.54. The van der Waals surface area contributed by atoms with Gasteiger partial charge in [0.05, 0.1) is 17.1 Å². The summed E-state index contributed by atoms with van der Waals surface area (Å²) in [5.41, 5.74) is 2.11. The highest BCUT2D eigenvalue weighted by atomic mass is 16.5. The van der Waals surface area contributed by atoms with Crippen molar-refractivity contribution in [2.75, 3.05) is 11.9 Å². The molecule has 0 saturated carbocycles. The highest BCUT2D eigenvalue weighted by molar-refractivity contribution is 5.97. The van der Waals surface area contributed by atoms with Crippen LogP contribution in [0.15, 0.2) is 24.3 Å². The standard InChI is InChI=1S/C15H17N3O4/c1-9-14(10(2)18(3)17-9)16-13(20)8-22-15(21)11-6-4-5-7-12(11)19/h4-7,19H,8H2,1-3H3,(H,16,20). The van der Waals surface area contributed by atoms with Crippen molar-refractivity contribution in [3.63, 3.8) is 0 Å². The topological polar surface area (TPSA) is 93.5 Å². The number of rotatable bonds is 4. The number of carbonyl (C=O) groups excluding carboxylic acids is 2. The Morgan fingerprint density at radius 3 is 2.59 bits per heavy atom. The van der Waals surface area contributed by atoms with Crippen molar-refractivity contribution < 1.29 is 19.4 Å². The molecule has 0 aliphatic heterocycles. The number of phenolic OH excluding ortho intramolecular Hbond substituents is 1. The van der Waals surface area contributed by atoms with Crippen molar-refractivity contribution in [3.8, 4) is 5.75 Å². The lowest BCUT2D eigenvalue weighted by molar-refractivity contribution is -0.119. The molecule has 22 heavy (non-hydrogen) atoms. The molecule has 1 aromatic carbocycles. The van der Waals surface area contributed by atoms with E-state index in [4.69, 9.17) is 4.74 Å². The van der Waals surface area contributed by atoms with Crippen molar-refractivity contribution >= 4 is 17.6 Å². The molecule has 116 valence electrons. The molecule has 0 saturated heterocycles. The van der Waals surface area contributed by atoms with Gasteiger partial charge in [-0.2, -0.15) is 5.10 Å². The number of hydrogen-bond acceptors (Lipinski definition) is 5. The molecule has 0 bridgehead atoms. The molecule has 7 nitrogen and oxygen atoms in total. The maximum absolute atomic E-state index is 11.9. The SMILES string of the molecule is Cc1nn(C)c(C)c1NC(=O)COC(=O)c1ccccc1O. The fourth-order valence-corrected chi connectivity index (χ4v) is 1.99. The number of nitrogens with one attached hydrogen (secondary N) is 1. The van der Waals surface area contributed by atoms with Crippen LogP contribution in [0.5, 0.6) is 5.75 Å². The number of ether oxygens (including phenoxy) is 1. The Labute approximate surface area is 127 Å². The second-order valence-electron chi connectivity index (χ2n) is 4.81. The lowest BCUT2D eigenvalue weighted by Crippen LogP contribution is -2.21. The molecule has 1 heterocycles. The number of carbonyl (C=O) groups is 2. The van der Waals surface area contributed by atoms with E-state index in [0.29, 0.717) is 11.4 Å². The van der Waals surface area contributed by atoms with Gasteiger partial charge in [-0.25, -0.2) is 4.79 Å². The zero-order valence-corrected chi connectivity index (χ0v) is 12.6. The lowest BCUT2D eigenvalue weighted by atomic mass is 10.2. The molecule has 0 unspecified atom stereocenters. The minimum atomic E-state index is -0.757. The molecule has 2 N–H and O–H groups in total. The molecular weight excluding hydrogens is 286 g/mol. The van der Waals surface area contributed by atoms with Gasteiger partial charge in [-0.3, -0.25) is 9.48 Å². The first-order chi connectivity index (χ1) is 10.4. The van der Waals surface area contributed by atoms with E-state index in [1.54, 1.807) is 30.8 Å². The molecule has 1 aromatic heterocycles. The minimum absolute atomic E-state index is 0.0176. The van der Waals surface area contributed by atoms with E-state index >= 15 is 0 Å². The number of aromatic hydroxyl groups is 1. The monoisotopic (exact) mass is 303 g/mol. The molecule has 0 aliphatic rings. The van der Waals surface area contributed by atoms with Crippen LogP contribution in [0.3, 0.4) is 0 Å². The van der Waals surface area contributed by atoms with Gasteiger partial charge in [-0.05, 0) is 26.0 Å². The second-order valence-corrected chi connectivity index (χ2v) is 4.81. The first-order valence-corrected chi connectivity index (χ1v) is 6.65. The van der Waals surface area contributed by atoms with Gasteiger partial charge in [-0.15, -0.1) is 0 Å². The van der Waals surface area contributed by atoms with Gasteiger partial charge in [-0.1, -0.05) is 12.1 Å². The van der Waals surface area contributed by atoms with Gasteiger partial charge in [0.15, 0.2) is 6.61 Å². The minimum Gasteiger partial charge on any atom is -0.507 e. The third-order valence-electron chi connectivity index (χ3n) is 3.23. The number of aromatic nitrogens is 2. The molecule has 0 fully saturated rings. The summed E-state index contributed by atoms with van der Waals surface area (Å²) in [5, 5.41) is 16.4. The summed E-state index contributed by atoms with van der Waals surface area (Å²) in [6.07, 6.45) is 0. The summed E-state index contributed by atoms with van der Waals surface area (Å²) >= 11 is 0. The van der Waals surface area contributed by atoms with E-state index in [-0.39, 0.29) is 11.3 Å². The van der Waals surface area contributed by atoms with Crippen molar-refractivity contribution in [2.24, 2.45) is 7.05 Å². The number of amides is 1. The zero-order chi connectivity index (χ0) is 16.3. The third kappa shape index (κ3) is 3.25. The third-order valence-corrected chi connectivity index (χ3v) is 3.23. The van der Waals surface area contributed by atoms with Crippen molar-refractivity contribution in [3.05, 3.63) is 41.2 Å². The summed E-state index contributed by atoms with van der Waals surface area (Å²) in [7, 11) is 1.77. The van der Waals surface area contributed by atoms with E-state index in [1.807, 2.05) is 6.92 Å². The molecule has 0 atom stereocenters. The van der Waals surface area contributed by atoms with Crippen LogP contribution in [0.2, 0.25) is 0 Å². The molecule has 7 heteroatoms. The number of esters is 1. The van der Waals surface area contributed by atoms with Crippen LogP contribution in [-0.4, -0.2) is 33.4 Å². The van der Waals surface area contributed by atoms with E-state index < -0.39 is 18.5 Å². The van der Waals surface area contributed by atoms with Crippen LogP contribution >= 0.6 is 0 Å². The van der Waals surface area contributed by atoms with E-state index in [2.05, 4.69) is 10.4 Å². The fourth-order valence-electron chi connectivity index (χ4n) is 1.99. The number of phenols is 1. The van der Waals surface area contributed by atoms with Crippen LogP contribution in [0.1, 0.15) is 21.7 Å². The number of nitrogens with zero attached hydrogens (tertiary/aromatic N) is 2. The molecule has 1 amide bonds. The average molecular weight is 303 g/mol. The molecule has 0 aliphatic carbocycles. The van der Waals surface area contributed by atoms with Crippen LogP contribution in [0, 0.1) is 13.8 Å². The van der Waals surface area contributed by atoms with Crippen LogP contribution in [0.25, 0.3) is 0 Å². The maximum Gasteiger partial charge on any atom is 0.342 e. The van der Waals surface area contributed by atoms with Gasteiger partial charge >= 0.3 is 5.97 Å². The van der Waals surface area contributed by atoms with E-state index in [1.165, 1.54) is 12.1 Å². The van der Waals surface area contributed by atoms with E-state index in [0.717, 1.165) is 5.69 Å². The lowest BCUT2D eigenvalue weighted by Gasteiger charge is -2.07. The first-order valence-electron chi connectivity index (χ1n) is 6.65. The maximum atomic E-state index is 11.9. The molecule has 2 rings (SSSR count). The van der Waals surface area contributed by atoms with Crippen LogP contribution in [-0.2, 0) is 16.6 Å². The highest BCUT2D eigenvalue weighted by Gasteiger charge is 2.16. The largest absolute Gasteiger partial charge is 0.507 e. The first kappa shape index (κ1) is 15.6. The van der Waals surface area contributed by atoms with Gasteiger partial charge in [0, 0.05) is 7.05 Å². The second kappa shape index (κ2) is 6.30. The summed E-state index contributed by atoms with van der Waals surface area (Å²) in [6.45, 7) is 3.15. The zero-order valence-electron chi connectivity index (χ0n) is 12.6. The van der Waals surface area contributed by atoms with Crippen LogP contribution < -0.4 is 5.32 Å². The van der Waals surface area contributed by atoms with Gasteiger partial charge < -0.3 is 15.2 Å². The van der Waals surface area contributed by atoms with Crippen LogP contribution in [0.4, 0.5) is 5.69 Å². The van der Waals surface area contributed by atoms with E-state index in [9.17, 15) is 14.7 Å². The number of anilines is 1. The Morgan fingerprint density at radius 1 is 1.32 bits per heavy atom. The molecule has 2 aromatic rings. The quantitative estimate of drug-likeness (QED) is 0.836. The number of para-hydroxylation sites is 1. The van der Waals surface area contributed by atoms with Crippen molar-refractivity contribution in [1.82, 2.24) is 9.78 Å². The molecule has 0 radical (unpaired) electrons. The Balaban J connectivity index is 1.96. The summed E-state index contributed by atoms with van der Waals surface area (Å²) < 4.78 is 6.54. The van der Waals surface area contributed by atoms with Gasteiger partial charge in [0.25, 0.3) is 5.91 Å². The molecule has 0 spiro atoms. The Bertz CT molecular complexity index is 722. The summed E-state index contributed by atoms with van der Waals surface area (Å²) in [4.78, 5) is 23.6. The normalized spacial score (nSPS) is 10.3. The Hall–Kier alpha value is -2.83. The highest BCUT2D eigenvalue weighted by Crippen LogP contribution is 2.19. The van der Waals surface area contributed by atoms with Crippen molar-refractivity contribution in [2.45, 2.75) is 13.8 Å². The Kier molecular flexibility index (Phi) is 4.45. The predicted molar refractivity (Wildman–Crippen MR) is 79.7 cm³/mol.